The number of hydrogen-bond donors (Lipinski definition) is 2. The zero-order valence-corrected chi connectivity index (χ0v) is 15.8. The van der Waals surface area contributed by atoms with Crippen molar-refractivity contribution < 1.29 is 23.9 Å². The molecule has 3 amide bonds. The molecule has 0 spiro atoms. The number of hydrogen-bond acceptors (Lipinski definition) is 5. The van der Waals surface area contributed by atoms with Gasteiger partial charge in [-0.1, -0.05) is 18.2 Å². The molecule has 146 valence electrons. The van der Waals surface area contributed by atoms with Crippen molar-refractivity contribution in [2.24, 2.45) is 0 Å². The topological polar surface area (TPSA) is 105 Å². The minimum Gasteiger partial charge on any atom is -0.465 e. The third kappa shape index (κ3) is 5.41. The molecule has 0 saturated heterocycles. The molecule has 28 heavy (non-hydrogen) atoms. The molecule has 0 unspecified atom stereocenters. The highest BCUT2D eigenvalue weighted by Crippen LogP contribution is 2.22. The Labute approximate surface area is 162 Å². The van der Waals surface area contributed by atoms with E-state index in [1.165, 1.54) is 31.9 Å². The van der Waals surface area contributed by atoms with Gasteiger partial charge in [0.15, 0.2) is 0 Å². The molecule has 0 fully saturated rings. The maximum atomic E-state index is 12.5. The summed E-state index contributed by atoms with van der Waals surface area (Å²) in [5, 5.41) is 5.30. The highest BCUT2D eigenvalue weighted by atomic mass is 16.5. The highest BCUT2D eigenvalue weighted by Gasteiger charge is 2.22. The smallest absolute Gasteiger partial charge is 0.339 e. The zero-order valence-electron chi connectivity index (χ0n) is 15.8. The van der Waals surface area contributed by atoms with Gasteiger partial charge >= 0.3 is 5.97 Å². The van der Waals surface area contributed by atoms with Crippen molar-refractivity contribution in [2.45, 2.75) is 13.8 Å². The fourth-order valence-corrected chi connectivity index (χ4v) is 2.58. The first-order valence-corrected chi connectivity index (χ1v) is 8.44. The molecule has 0 atom stereocenters. The lowest BCUT2D eigenvalue weighted by Crippen LogP contribution is -2.37. The average Bonchev–Trinajstić information content (AvgIpc) is 2.65. The lowest BCUT2D eigenvalue weighted by molar-refractivity contribution is -0.120. The monoisotopic (exact) mass is 383 g/mol. The van der Waals surface area contributed by atoms with Gasteiger partial charge < -0.3 is 20.3 Å². The van der Waals surface area contributed by atoms with Crippen molar-refractivity contribution in [3.05, 3.63) is 54.1 Å². The van der Waals surface area contributed by atoms with E-state index in [2.05, 4.69) is 10.6 Å². The molecule has 2 rings (SSSR count). The van der Waals surface area contributed by atoms with Crippen LogP contribution in [-0.4, -0.2) is 37.3 Å². The standard InChI is InChI=1S/C20H21N3O5/c1-13(24)21-15-7-6-8-16(11-15)22-19(26)12-23(14(2)25)18-10-5-4-9-17(18)20(27)28-3/h4-11H,12H2,1-3H3,(H,21,24)(H,22,26). The van der Waals surface area contributed by atoms with Gasteiger partial charge in [-0.15, -0.1) is 0 Å². The summed E-state index contributed by atoms with van der Waals surface area (Å²) in [7, 11) is 1.24. The van der Waals surface area contributed by atoms with Crippen LogP contribution in [0.3, 0.4) is 0 Å². The van der Waals surface area contributed by atoms with Crippen molar-refractivity contribution in [1.82, 2.24) is 0 Å². The molecular weight excluding hydrogens is 362 g/mol. The third-order valence-electron chi connectivity index (χ3n) is 3.75. The molecule has 0 saturated carbocycles. The number of rotatable bonds is 6. The summed E-state index contributed by atoms with van der Waals surface area (Å²) in [5.74, 6) is -1.70. The molecule has 2 aromatic rings. The molecule has 8 heteroatoms. The maximum absolute atomic E-state index is 12.5. The van der Waals surface area contributed by atoms with Gasteiger partial charge in [-0.2, -0.15) is 0 Å². The summed E-state index contributed by atoms with van der Waals surface area (Å²) >= 11 is 0. The lowest BCUT2D eigenvalue weighted by Gasteiger charge is -2.22. The summed E-state index contributed by atoms with van der Waals surface area (Å²) in [6.45, 7) is 2.39. The number of esters is 1. The number of amides is 3. The summed E-state index contributed by atoms with van der Waals surface area (Å²) in [4.78, 5) is 48.9. The number of methoxy groups -OCH3 is 1. The van der Waals surface area contributed by atoms with Crippen LogP contribution in [0.1, 0.15) is 24.2 Å². The maximum Gasteiger partial charge on any atom is 0.339 e. The van der Waals surface area contributed by atoms with Crippen molar-refractivity contribution in [3.8, 4) is 0 Å². The molecule has 0 aromatic heterocycles. The van der Waals surface area contributed by atoms with Gasteiger partial charge in [-0.05, 0) is 30.3 Å². The Morgan fingerprint density at radius 3 is 2.18 bits per heavy atom. The predicted molar refractivity (Wildman–Crippen MR) is 105 cm³/mol. The Bertz CT molecular complexity index is 910. The SMILES string of the molecule is COC(=O)c1ccccc1N(CC(=O)Nc1cccc(NC(C)=O)c1)C(C)=O. The molecule has 2 N–H and O–H groups in total. The molecule has 8 nitrogen and oxygen atoms in total. The number of carbonyl (C=O) groups is 4. The van der Waals surface area contributed by atoms with E-state index in [1.54, 1.807) is 42.5 Å². The van der Waals surface area contributed by atoms with Gasteiger partial charge in [-0.3, -0.25) is 14.4 Å². The number of anilines is 3. The summed E-state index contributed by atoms with van der Waals surface area (Å²) in [5.41, 5.74) is 1.45. The minimum absolute atomic E-state index is 0.181. The van der Waals surface area contributed by atoms with Crippen LogP contribution < -0.4 is 15.5 Å². The predicted octanol–water partition coefficient (Wildman–Crippen LogP) is 2.42. The number of benzene rings is 2. The number of para-hydroxylation sites is 1. The molecule has 0 aliphatic heterocycles. The van der Waals surface area contributed by atoms with E-state index in [0.29, 0.717) is 11.4 Å². The van der Waals surface area contributed by atoms with Crippen LogP contribution in [0, 0.1) is 0 Å². The zero-order chi connectivity index (χ0) is 20.7. The minimum atomic E-state index is -0.606. The number of nitrogens with zero attached hydrogens (tertiary/aromatic N) is 1. The number of nitrogens with one attached hydrogen (secondary N) is 2. The van der Waals surface area contributed by atoms with Crippen LogP contribution in [0.2, 0.25) is 0 Å². The molecule has 0 aliphatic rings. The van der Waals surface area contributed by atoms with E-state index in [-0.39, 0.29) is 23.7 Å². The second-order valence-electron chi connectivity index (χ2n) is 5.92. The van der Waals surface area contributed by atoms with E-state index in [0.717, 1.165) is 0 Å². The van der Waals surface area contributed by atoms with Crippen LogP contribution in [0.15, 0.2) is 48.5 Å². The van der Waals surface area contributed by atoms with Gasteiger partial charge in [0.2, 0.25) is 17.7 Å². The van der Waals surface area contributed by atoms with E-state index in [4.69, 9.17) is 4.74 Å². The first-order valence-electron chi connectivity index (χ1n) is 8.44. The Hall–Kier alpha value is -3.68. The van der Waals surface area contributed by atoms with Crippen LogP contribution in [0.5, 0.6) is 0 Å². The Balaban J connectivity index is 2.20. The summed E-state index contributed by atoms with van der Waals surface area (Å²) in [6, 6.07) is 13.0. The second-order valence-corrected chi connectivity index (χ2v) is 5.92. The summed E-state index contributed by atoms with van der Waals surface area (Å²) in [6.07, 6.45) is 0. The fraction of sp³-hybridized carbons (Fsp3) is 0.200. The van der Waals surface area contributed by atoms with Crippen molar-refractivity contribution in [3.63, 3.8) is 0 Å². The van der Waals surface area contributed by atoms with Crippen LogP contribution in [0.4, 0.5) is 17.1 Å². The quantitative estimate of drug-likeness (QED) is 0.746. The van der Waals surface area contributed by atoms with E-state index >= 15 is 0 Å². The third-order valence-corrected chi connectivity index (χ3v) is 3.75. The van der Waals surface area contributed by atoms with Crippen LogP contribution in [-0.2, 0) is 19.1 Å². The largest absolute Gasteiger partial charge is 0.465 e. The van der Waals surface area contributed by atoms with E-state index in [9.17, 15) is 19.2 Å². The lowest BCUT2D eigenvalue weighted by atomic mass is 10.1. The Morgan fingerprint density at radius 1 is 0.929 bits per heavy atom. The summed E-state index contributed by atoms with van der Waals surface area (Å²) < 4.78 is 4.74. The molecule has 0 heterocycles. The normalized spacial score (nSPS) is 9.96. The molecule has 0 bridgehead atoms. The van der Waals surface area contributed by atoms with Crippen molar-refractivity contribution in [2.75, 3.05) is 29.2 Å². The molecule has 0 radical (unpaired) electrons. The fourth-order valence-electron chi connectivity index (χ4n) is 2.58. The van der Waals surface area contributed by atoms with Gasteiger partial charge in [-0.25, -0.2) is 4.79 Å². The second kappa shape index (κ2) is 9.31. The Morgan fingerprint density at radius 2 is 1.57 bits per heavy atom. The Kier molecular flexibility index (Phi) is 6.86. The molecular formula is C20H21N3O5. The van der Waals surface area contributed by atoms with Crippen molar-refractivity contribution in [1.29, 1.82) is 0 Å². The van der Waals surface area contributed by atoms with Crippen LogP contribution >= 0.6 is 0 Å². The van der Waals surface area contributed by atoms with Crippen LogP contribution in [0.25, 0.3) is 0 Å². The van der Waals surface area contributed by atoms with E-state index < -0.39 is 17.8 Å². The van der Waals surface area contributed by atoms with Gasteiger partial charge in [0.1, 0.15) is 6.54 Å². The molecule has 2 aromatic carbocycles. The first kappa shape index (κ1) is 20.6. The number of carbonyl (C=O) groups excluding carboxylic acids is 4. The van der Waals surface area contributed by atoms with Gasteiger partial charge in [0.05, 0.1) is 18.4 Å². The van der Waals surface area contributed by atoms with Crippen molar-refractivity contribution >= 4 is 40.8 Å². The average molecular weight is 383 g/mol. The first-order chi connectivity index (χ1) is 13.3. The van der Waals surface area contributed by atoms with E-state index in [1.807, 2.05) is 0 Å². The number of ether oxygens (including phenoxy) is 1. The van der Waals surface area contributed by atoms with Gasteiger partial charge in [0.25, 0.3) is 0 Å². The van der Waals surface area contributed by atoms with Gasteiger partial charge in [0, 0.05) is 25.2 Å². The highest BCUT2D eigenvalue weighted by molar-refractivity contribution is 6.06. The molecule has 0 aliphatic carbocycles.